The van der Waals surface area contributed by atoms with Gasteiger partial charge in [0.1, 0.15) is 0 Å². The molecule has 1 atom stereocenters. The van der Waals surface area contributed by atoms with Gasteiger partial charge in [-0.2, -0.15) is 5.10 Å². The minimum Gasteiger partial charge on any atom is -0.268 e. The number of allylic oxidation sites excluding steroid dienone is 2. The van der Waals surface area contributed by atoms with Crippen molar-refractivity contribution in [1.82, 2.24) is 9.78 Å². The van der Waals surface area contributed by atoms with Crippen LogP contribution in [0.3, 0.4) is 0 Å². The first kappa shape index (κ1) is 16.1. The van der Waals surface area contributed by atoms with Crippen LogP contribution in [-0.2, 0) is 19.4 Å². The van der Waals surface area contributed by atoms with Gasteiger partial charge < -0.3 is 0 Å². The number of hydrogen-bond donors (Lipinski definition) is 0. The van der Waals surface area contributed by atoms with Crippen LogP contribution in [0.25, 0.3) is 0 Å². The lowest BCUT2D eigenvalue weighted by molar-refractivity contribution is 0.319. The van der Waals surface area contributed by atoms with Crippen molar-refractivity contribution in [2.75, 3.05) is 0 Å². The molecule has 0 saturated carbocycles. The molecule has 4 heteroatoms. The van der Waals surface area contributed by atoms with Crippen molar-refractivity contribution in [3.63, 3.8) is 0 Å². The van der Waals surface area contributed by atoms with E-state index >= 15 is 0 Å². The Kier molecular flexibility index (Phi) is 5.01. The number of nitrogens with zero attached hydrogens (tertiary/aromatic N) is 2. The van der Waals surface area contributed by atoms with Crippen molar-refractivity contribution < 1.29 is 0 Å². The predicted octanol–water partition coefficient (Wildman–Crippen LogP) is 5.12. The van der Waals surface area contributed by atoms with Gasteiger partial charge in [-0.1, -0.05) is 32.4 Å². The van der Waals surface area contributed by atoms with Gasteiger partial charge in [-0.25, -0.2) is 0 Å². The fourth-order valence-electron chi connectivity index (χ4n) is 3.11. The maximum Gasteiger partial charge on any atom is 0.0766 e. The molecule has 0 bridgehead atoms. The molecule has 1 aromatic heterocycles. The van der Waals surface area contributed by atoms with Crippen molar-refractivity contribution in [1.29, 1.82) is 0 Å². The van der Waals surface area contributed by atoms with Gasteiger partial charge in [0.25, 0.3) is 0 Å². The van der Waals surface area contributed by atoms with Crippen LogP contribution >= 0.6 is 27.5 Å². The Bertz CT molecular complexity index is 517. The zero-order chi connectivity index (χ0) is 14.9. The molecule has 112 valence electrons. The van der Waals surface area contributed by atoms with Crippen molar-refractivity contribution in [2.24, 2.45) is 5.41 Å². The van der Waals surface area contributed by atoms with Crippen LogP contribution in [0.1, 0.15) is 51.9 Å². The van der Waals surface area contributed by atoms with E-state index in [-0.39, 0.29) is 5.38 Å². The monoisotopic (exact) mass is 358 g/mol. The van der Waals surface area contributed by atoms with Gasteiger partial charge in [0.15, 0.2) is 0 Å². The van der Waals surface area contributed by atoms with E-state index in [0.717, 1.165) is 37.9 Å². The predicted molar refractivity (Wildman–Crippen MR) is 89.4 cm³/mol. The number of halogens is 2. The summed E-state index contributed by atoms with van der Waals surface area (Å²) in [5.74, 6) is 0. The highest BCUT2D eigenvalue weighted by atomic mass is 79.9. The Morgan fingerprint density at radius 3 is 2.70 bits per heavy atom. The first-order chi connectivity index (χ1) is 9.36. The Morgan fingerprint density at radius 2 is 2.15 bits per heavy atom. The highest BCUT2D eigenvalue weighted by molar-refractivity contribution is 9.10. The molecule has 1 unspecified atom stereocenters. The Balaban J connectivity index is 2.28. The van der Waals surface area contributed by atoms with Crippen LogP contribution < -0.4 is 0 Å². The molecule has 0 fully saturated rings. The average Bonchev–Trinajstić information content (AvgIpc) is 2.63. The molecule has 0 amide bonds. The van der Waals surface area contributed by atoms with E-state index in [4.69, 9.17) is 11.6 Å². The third kappa shape index (κ3) is 3.48. The minimum absolute atomic E-state index is 0.163. The molecule has 0 saturated heterocycles. The largest absolute Gasteiger partial charge is 0.268 e. The Labute approximate surface area is 135 Å². The fraction of sp³-hybridized carbons (Fsp3) is 0.688. The smallest absolute Gasteiger partial charge is 0.0766 e. The van der Waals surface area contributed by atoms with Crippen LogP contribution in [0.2, 0.25) is 0 Å². The van der Waals surface area contributed by atoms with E-state index in [9.17, 15) is 0 Å². The summed E-state index contributed by atoms with van der Waals surface area (Å²) in [6, 6.07) is 0. The van der Waals surface area contributed by atoms with E-state index in [0.29, 0.717) is 5.41 Å². The van der Waals surface area contributed by atoms with Gasteiger partial charge in [0, 0.05) is 13.0 Å². The zero-order valence-electron chi connectivity index (χ0n) is 12.8. The summed E-state index contributed by atoms with van der Waals surface area (Å²) in [4.78, 5) is 0. The van der Waals surface area contributed by atoms with Crippen LogP contribution in [0, 0.1) is 5.41 Å². The van der Waals surface area contributed by atoms with Crippen molar-refractivity contribution in [2.45, 2.75) is 65.3 Å². The molecular weight excluding hydrogens is 336 g/mol. The van der Waals surface area contributed by atoms with Crippen molar-refractivity contribution >= 4 is 27.5 Å². The second kappa shape index (κ2) is 6.23. The average molecular weight is 360 g/mol. The normalized spacial score (nSPS) is 21.9. The highest BCUT2D eigenvalue weighted by Crippen LogP contribution is 2.39. The van der Waals surface area contributed by atoms with E-state index in [1.165, 1.54) is 15.7 Å². The molecule has 0 aromatic carbocycles. The topological polar surface area (TPSA) is 17.8 Å². The molecule has 1 aliphatic carbocycles. The van der Waals surface area contributed by atoms with E-state index in [1.807, 2.05) is 0 Å². The number of aromatic nitrogens is 2. The maximum absolute atomic E-state index is 6.40. The lowest BCUT2D eigenvalue weighted by atomic mass is 9.76. The molecule has 2 rings (SSSR count). The number of aryl methyl sites for hydroxylation is 2. The summed E-state index contributed by atoms with van der Waals surface area (Å²) in [5.41, 5.74) is 4.18. The van der Waals surface area contributed by atoms with Crippen molar-refractivity contribution in [3.8, 4) is 0 Å². The number of hydrogen-bond acceptors (Lipinski definition) is 1. The second-order valence-corrected chi connectivity index (χ2v) is 7.79. The van der Waals surface area contributed by atoms with Crippen LogP contribution in [0.4, 0.5) is 0 Å². The standard InChI is InChI=1S/C16H24BrClN2/c1-5-13-15(17)14(20(6-2)19-13)8-11-7-12(18)10-16(3,4)9-11/h7,12H,5-6,8-10H2,1-4H3. The zero-order valence-corrected chi connectivity index (χ0v) is 15.2. The van der Waals surface area contributed by atoms with E-state index < -0.39 is 0 Å². The molecule has 1 heterocycles. The lowest BCUT2D eigenvalue weighted by Gasteiger charge is -2.32. The summed E-state index contributed by atoms with van der Waals surface area (Å²) in [6.45, 7) is 9.81. The highest BCUT2D eigenvalue weighted by Gasteiger charge is 2.28. The maximum atomic E-state index is 6.40. The number of alkyl halides is 1. The summed E-state index contributed by atoms with van der Waals surface area (Å²) in [7, 11) is 0. The molecule has 1 aliphatic rings. The first-order valence-electron chi connectivity index (χ1n) is 7.44. The quantitative estimate of drug-likeness (QED) is 0.538. The van der Waals surface area contributed by atoms with Crippen molar-refractivity contribution in [3.05, 3.63) is 27.5 Å². The Morgan fingerprint density at radius 1 is 1.45 bits per heavy atom. The second-order valence-electron chi connectivity index (χ2n) is 6.44. The molecule has 0 spiro atoms. The van der Waals surface area contributed by atoms with Gasteiger partial charge in [0.2, 0.25) is 0 Å². The van der Waals surface area contributed by atoms with Crippen LogP contribution in [0.5, 0.6) is 0 Å². The van der Waals surface area contributed by atoms with Gasteiger partial charge in [-0.3, -0.25) is 4.68 Å². The number of rotatable bonds is 4. The third-order valence-corrected chi connectivity index (χ3v) is 5.15. The Hall–Kier alpha value is -0.280. The minimum atomic E-state index is 0.163. The summed E-state index contributed by atoms with van der Waals surface area (Å²) in [6.07, 6.45) is 6.35. The molecule has 0 aliphatic heterocycles. The van der Waals surface area contributed by atoms with E-state index in [1.54, 1.807) is 0 Å². The molecular formula is C16H24BrClN2. The van der Waals surface area contributed by atoms with Gasteiger partial charge in [0.05, 0.1) is 21.2 Å². The summed E-state index contributed by atoms with van der Waals surface area (Å²) in [5, 5.41) is 4.84. The van der Waals surface area contributed by atoms with E-state index in [2.05, 4.69) is 59.5 Å². The first-order valence-corrected chi connectivity index (χ1v) is 8.67. The summed E-state index contributed by atoms with van der Waals surface area (Å²) < 4.78 is 3.30. The van der Waals surface area contributed by atoms with Crippen LogP contribution in [-0.4, -0.2) is 15.2 Å². The fourth-order valence-corrected chi connectivity index (χ4v) is 4.41. The lowest BCUT2D eigenvalue weighted by Crippen LogP contribution is -2.23. The van der Waals surface area contributed by atoms with Gasteiger partial charge >= 0.3 is 0 Å². The molecule has 0 radical (unpaired) electrons. The molecule has 1 aromatic rings. The van der Waals surface area contributed by atoms with Crippen LogP contribution in [0.15, 0.2) is 16.1 Å². The SMILES string of the molecule is CCc1nn(CC)c(CC2=CC(Cl)CC(C)(C)C2)c1Br. The van der Waals surface area contributed by atoms with Gasteiger partial charge in [-0.15, -0.1) is 11.6 Å². The third-order valence-electron chi connectivity index (χ3n) is 3.96. The molecule has 2 nitrogen and oxygen atoms in total. The molecule has 20 heavy (non-hydrogen) atoms. The molecule has 0 N–H and O–H groups in total. The summed E-state index contributed by atoms with van der Waals surface area (Å²) >= 11 is 10.1. The van der Waals surface area contributed by atoms with Gasteiger partial charge in [-0.05, 0) is 47.5 Å².